The second kappa shape index (κ2) is 10.3. The van der Waals surface area contributed by atoms with Crippen molar-refractivity contribution in [1.82, 2.24) is 15.2 Å². The number of ether oxygens (including phenoxy) is 2. The number of carbonyl (C=O) groups excluding carboxylic acids is 3. The van der Waals surface area contributed by atoms with Crippen molar-refractivity contribution in [2.24, 2.45) is 5.16 Å². The van der Waals surface area contributed by atoms with E-state index in [2.05, 4.69) is 15.5 Å². The molecular weight excluding hydrogens is 476 g/mol. The number of carbonyl (C=O) groups is 4. The average molecular weight is 499 g/mol. The third-order valence-corrected chi connectivity index (χ3v) is 6.68. The molecule has 12 nitrogen and oxygen atoms in total. The highest BCUT2D eigenvalue weighted by Gasteiger charge is 2.67. The van der Waals surface area contributed by atoms with E-state index >= 15 is 0 Å². The van der Waals surface area contributed by atoms with E-state index in [0.717, 1.165) is 4.90 Å². The Labute approximate surface area is 196 Å². The van der Waals surface area contributed by atoms with Gasteiger partial charge in [0, 0.05) is 30.7 Å². The Bertz CT molecular complexity index is 1010. The highest BCUT2D eigenvalue weighted by atomic mass is 32.2. The summed E-state index contributed by atoms with van der Waals surface area (Å²) in [6, 6.07) is 0. The van der Waals surface area contributed by atoms with E-state index in [9.17, 15) is 24.3 Å². The molecule has 2 atom stereocenters. The van der Waals surface area contributed by atoms with Gasteiger partial charge in [-0.1, -0.05) is 12.1 Å². The first kappa shape index (κ1) is 24.7. The van der Waals surface area contributed by atoms with Gasteiger partial charge in [-0.2, -0.15) is 0 Å². The van der Waals surface area contributed by atoms with E-state index in [1.165, 1.54) is 42.6 Å². The lowest BCUT2D eigenvalue weighted by molar-refractivity contribution is -0.191. The molecule has 3 heterocycles. The van der Waals surface area contributed by atoms with Crippen molar-refractivity contribution < 1.29 is 38.6 Å². The minimum Gasteiger partial charge on any atom is -0.477 e. The number of methoxy groups -OCH3 is 1. The topological polar surface area (TPSA) is 157 Å². The fraction of sp³-hybridized carbons (Fsp3) is 0.474. The fourth-order valence-electron chi connectivity index (χ4n) is 3.21. The lowest BCUT2D eigenvalue weighted by atomic mass is 9.97. The number of aliphatic carboxylic acids is 1. The highest BCUT2D eigenvalue weighted by Crippen LogP contribution is 2.46. The standard InChI is InChI=1S/C19H22N4O8S2/c1-4-5-31-22-13(12-8-32-9-20-12)15(25)21-19(29-3)17(28)23-14(16(26)27)11(6-30-10(2)24)7-33-18(19)23/h8-9,18H,4-7H2,1-3H3,(H,21,25)(H,26,27)/t18-,19+/m1/s1. The van der Waals surface area contributed by atoms with Crippen LogP contribution in [-0.2, 0) is 33.5 Å². The summed E-state index contributed by atoms with van der Waals surface area (Å²) in [6.45, 7) is 3.09. The molecule has 1 fully saturated rings. The molecule has 33 heavy (non-hydrogen) atoms. The van der Waals surface area contributed by atoms with Crippen LogP contribution in [0.4, 0.5) is 0 Å². The lowest BCUT2D eigenvalue weighted by Gasteiger charge is -2.55. The number of thiazole rings is 1. The predicted molar refractivity (Wildman–Crippen MR) is 117 cm³/mol. The van der Waals surface area contributed by atoms with Crippen molar-refractivity contribution in [3.63, 3.8) is 0 Å². The summed E-state index contributed by atoms with van der Waals surface area (Å²) in [7, 11) is 1.24. The molecule has 178 valence electrons. The zero-order valence-electron chi connectivity index (χ0n) is 18.0. The van der Waals surface area contributed by atoms with Crippen molar-refractivity contribution in [3.8, 4) is 0 Å². The van der Waals surface area contributed by atoms with E-state index in [0.29, 0.717) is 6.42 Å². The summed E-state index contributed by atoms with van der Waals surface area (Å²) in [6.07, 6.45) is 0.670. The van der Waals surface area contributed by atoms with Gasteiger partial charge in [0.15, 0.2) is 5.71 Å². The van der Waals surface area contributed by atoms with Gasteiger partial charge in [-0.25, -0.2) is 9.78 Å². The molecule has 2 amide bonds. The van der Waals surface area contributed by atoms with Crippen LogP contribution in [-0.4, -0.2) is 81.6 Å². The smallest absolute Gasteiger partial charge is 0.352 e. The highest BCUT2D eigenvalue weighted by molar-refractivity contribution is 8.00. The van der Waals surface area contributed by atoms with Crippen molar-refractivity contribution in [2.45, 2.75) is 31.4 Å². The molecule has 0 unspecified atom stereocenters. The zero-order chi connectivity index (χ0) is 24.2. The normalized spacial score (nSPS) is 22.4. The number of amides is 2. The average Bonchev–Trinajstić information content (AvgIpc) is 3.32. The molecule has 1 aromatic rings. The number of carboxylic acid groups (broad SMARTS) is 1. The number of fused-ring (bicyclic) bond motifs is 1. The molecule has 1 saturated heterocycles. The summed E-state index contributed by atoms with van der Waals surface area (Å²) >= 11 is 2.42. The molecule has 2 aliphatic rings. The number of nitrogens with one attached hydrogen (secondary N) is 1. The summed E-state index contributed by atoms with van der Waals surface area (Å²) in [5, 5.41) is 16.9. The Morgan fingerprint density at radius 1 is 1.42 bits per heavy atom. The van der Waals surface area contributed by atoms with Gasteiger partial charge in [0.2, 0.25) is 0 Å². The number of aromatic nitrogens is 1. The Balaban J connectivity index is 1.87. The molecule has 0 spiro atoms. The molecule has 3 rings (SSSR count). The number of carboxylic acids is 1. The van der Waals surface area contributed by atoms with Gasteiger partial charge in [0.05, 0.1) is 5.51 Å². The van der Waals surface area contributed by atoms with Crippen LogP contribution in [0.2, 0.25) is 0 Å². The molecular formula is C19H22N4O8S2. The summed E-state index contributed by atoms with van der Waals surface area (Å²) < 4.78 is 10.3. The number of thioether (sulfide) groups is 1. The van der Waals surface area contributed by atoms with Gasteiger partial charge in [-0.15, -0.1) is 23.1 Å². The quantitative estimate of drug-likeness (QED) is 0.117. The van der Waals surface area contributed by atoms with Crippen LogP contribution in [0.25, 0.3) is 0 Å². The van der Waals surface area contributed by atoms with Crippen LogP contribution in [0.5, 0.6) is 0 Å². The molecule has 0 aliphatic carbocycles. The Hall–Kier alpha value is -2.97. The van der Waals surface area contributed by atoms with Crippen LogP contribution < -0.4 is 5.32 Å². The molecule has 0 radical (unpaired) electrons. The number of β-lactam (4-membered cyclic amide) rings is 1. The van der Waals surface area contributed by atoms with Gasteiger partial charge in [0.1, 0.15) is 30.0 Å². The predicted octanol–water partition coefficient (Wildman–Crippen LogP) is 0.550. The van der Waals surface area contributed by atoms with E-state index < -0.39 is 34.9 Å². The maximum Gasteiger partial charge on any atom is 0.352 e. The Kier molecular flexibility index (Phi) is 7.71. The molecule has 0 aromatic carbocycles. The number of oxime groups is 1. The van der Waals surface area contributed by atoms with Gasteiger partial charge >= 0.3 is 11.9 Å². The molecule has 14 heteroatoms. The second-order valence-corrected chi connectivity index (χ2v) is 8.70. The van der Waals surface area contributed by atoms with Crippen molar-refractivity contribution in [1.29, 1.82) is 0 Å². The lowest BCUT2D eigenvalue weighted by Crippen LogP contribution is -2.81. The van der Waals surface area contributed by atoms with Crippen molar-refractivity contribution in [3.05, 3.63) is 27.9 Å². The van der Waals surface area contributed by atoms with E-state index in [1.54, 1.807) is 5.38 Å². The van der Waals surface area contributed by atoms with Gasteiger partial charge in [0.25, 0.3) is 17.5 Å². The second-order valence-electron chi connectivity index (χ2n) is 6.92. The fourth-order valence-corrected chi connectivity index (χ4v) is 5.16. The number of rotatable bonds is 10. The first-order valence-corrected chi connectivity index (χ1v) is 11.8. The maximum atomic E-state index is 13.1. The monoisotopic (exact) mass is 498 g/mol. The van der Waals surface area contributed by atoms with Gasteiger partial charge in [-0.05, 0) is 6.42 Å². The van der Waals surface area contributed by atoms with Crippen molar-refractivity contribution in [2.75, 3.05) is 26.1 Å². The maximum absolute atomic E-state index is 13.1. The van der Waals surface area contributed by atoms with Crippen molar-refractivity contribution >= 4 is 52.6 Å². The van der Waals surface area contributed by atoms with Gasteiger partial charge < -0.3 is 24.7 Å². The number of nitrogens with zero attached hydrogens (tertiary/aromatic N) is 3. The van der Waals surface area contributed by atoms with Crippen LogP contribution in [0.1, 0.15) is 26.0 Å². The SMILES string of the molecule is CCCON=C(C(=O)N[C@]1(OC)C(=O)N2C(C(=O)O)=C(COC(C)=O)CS[C@@H]21)c1cscn1. The minimum absolute atomic E-state index is 0.141. The number of hydrogen-bond donors (Lipinski definition) is 2. The zero-order valence-corrected chi connectivity index (χ0v) is 19.7. The Morgan fingerprint density at radius 2 is 2.18 bits per heavy atom. The minimum atomic E-state index is -1.82. The molecule has 1 aromatic heterocycles. The van der Waals surface area contributed by atoms with Crippen LogP contribution in [0.15, 0.2) is 27.3 Å². The third-order valence-electron chi connectivity index (χ3n) is 4.72. The van der Waals surface area contributed by atoms with E-state index in [-0.39, 0.29) is 41.6 Å². The van der Waals surface area contributed by atoms with Crippen LogP contribution in [0.3, 0.4) is 0 Å². The Morgan fingerprint density at radius 3 is 2.76 bits per heavy atom. The third kappa shape index (κ3) is 4.72. The number of hydrogen-bond acceptors (Lipinski definition) is 11. The molecule has 2 aliphatic heterocycles. The van der Waals surface area contributed by atoms with E-state index in [1.807, 2.05) is 6.92 Å². The van der Waals surface area contributed by atoms with Gasteiger partial charge in [-0.3, -0.25) is 19.3 Å². The summed E-state index contributed by atoms with van der Waals surface area (Å²) in [5.74, 6) is -3.33. The first-order chi connectivity index (χ1) is 15.8. The van der Waals surface area contributed by atoms with E-state index in [4.69, 9.17) is 14.3 Å². The van der Waals surface area contributed by atoms with Crippen LogP contribution in [0, 0.1) is 0 Å². The summed E-state index contributed by atoms with van der Waals surface area (Å²) in [5.41, 5.74) is -0.220. The molecule has 0 saturated carbocycles. The largest absolute Gasteiger partial charge is 0.477 e. The van der Waals surface area contributed by atoms with Crippen LogP contribution >= 0.6 is 23.1 Å². The summed E-state index contributed by atoms with van der Waals surface area (Å²) in [4.78, 5) is 59.5. The molecule has 0 bridgehead atoms. The molecule has 2 N–H and O–H groups in total. The number of esters is 1. The first-order valence-electron chi connectivity index (χ1n) is 9.76.